The monoisotopic (exact) mass is 277 g/mol. The SMILES string of the molecule is COc1ccc(S(=O)(=O)C2CCNC2)cc1.Cl. The molecule has 0 saturated carbocycles. The Bertz CT molecular complexity index is 452. The van der Waals surface area contributed by atoms with Crippen LogP contribution in [-0.4, -0.2) is 33.9 Å². The number of methoxy groups -OCH3 is 1. The van der Waals surface area contributed by atoms with Crippen LogP contribution >= 0.6 is 12.4 Å². The van der Waals surface area contributed by atoms with Crippen molar-refractivity contribution in [3.8, 4) is 5.75 Å². The minimum absolute atomic E-state index is 0. The zero-order valence-corrected chi connectivity index (χ0v) is 11.2. The van der Waals surface area contributed by atoms with E-state index < -0.39 is 9.84 Å². The van der Waals surface area contributed by atoms with Crippen molar-refractivity contribution in [1.29, 1.82) is 0 Å². The van der Waals surface area contributed by atoms with E-state index in [4.69, 9.17) is 4.74 Å². The third-order valence-corrected chi connectivity index (χ3v) is 5.05. The summed E-state index contributed by atoms with van der Waals surface area (Å²) in [6.45, 7) is 1.33. The summed E-state index contributed by atoms with van der Waals surface area (Å²) in [5, 5.41) is 2.78. The van der Waals surface area contributed by atoms with Crippen LogP contribution in [0.15, 0.2) is 29.2 Å². The molecular weight excluding hydrogens is 262 g/mol. The van der Waals surface area contributed by atoms with Crippen molar-refractivity contribution in [2.75, 3.05) is 20.2 Å². The number of ether oxygens (including phenoxy) is 1. The lowest BCUT2D eigenvalue weighted by atomic mass is 10.3. The molecule has 1 fully saturated rings. The summed E-state index contributed by atoms with van der Waals surface area (Å²) < 4.78 is 29.3. The van der Waals surface area contributed by atoms with Gasteiger partial charge in [-0.25, -0.2) is 8.42 Å². The fourth-order valence-corrected chi connectivity index (χ4v) is 3.52. The Morgan fingerprint density at radius 3 is 2.41 bits per heavy atom. The number of hydrogen-bond donors (Lipinski definition) is 1. The van der Waals surface area contributed by atoms with Crippen molar-refractivity contribution in [3.05, 3.63) is 24.3 Å². The molecule has 1 aliphatic rings. The quantitative estimate of drug-likeness (QED) is 0.904. The molecule has 0 aliphatic carbocycles. The van der Waals surface area contributed by atoms with Gasteiger partial charge in [-0.3, -0.25) is 0 Å². The summed E-state index contributed by atoms with van der Waals surface area (Å²) >= 11 is 0. The van der Waals surface area contributed by atoms with Gasteiger partial charge in [0.1, 0.15) is 5.75 Å². The van der Waals surface area contributed by atoms with Gasteiger partial charge < -0.3 is 10.1 Å². The summed E-state index contributed by atoms with van der Waals surface area (Å²) in [6.07, 6.45) is 0.689. The van der Waals surface area contributed by atoms with Gasteiger partial charge in [-0.2, -0.15) is 0 Å². The topological polar surface area (TPSA) is 55.4 Å². The van der Waals surface area contributed by atoms with Crippen LogP contribution in [0.1, 0.15) is 6.42 Å². The highest BCUT2D eigenvalue weighted by Crippen LogP contribution is 2.22. The van der Waals surface area contributed by atoms with Crippen molar-refractivity contribution in [1.82, 2.24) is 5.32 Å². The molecule has 6 heteroatoms. The van der Waals surface area contributed by atoms with Crippen molar-refractivity contribution < 1.29 is 13.2 Å². The number of nitrogens with one attached hydrogen (secondary N) is 1. The van der Waals surface area contributed by atoms with Crippen molar-refractivity contribution in [2.24, 2.45) is 0 Å². The van der Waals surface area contributed by atoms with Gasteiger partial charge in [0.2, 0.25) is 0 Å². The molecule has 1 aromatic rings. The third kappa shape index (κ3) is 2.91. The second-order valence-electron chi connectivity index (χ2n) is 3.84. The van der Waals surface area contributed by atoms with Gasteiger partial charge in [0.05, 0.1) is 17.3 Å². The third-order valence-electron chi connectivity index (χ3n) is 2.84. The Hall–Kier alpha value is -0.780. The molecular formula is C11H16ClNO3S. The maximum Gasteiger partial charge on any atom is 0.182 e. The van der Waals surface area contributed by atoms with Crippen LogP contribution in [0.4, 0.5) is 0 Å². The van der Waals surface area contributed by atoms with Gasteiger partial charge in [-0.05, 0) is 37.2 Å². The molecule has 1 unspecified atom stereocenters. The molecule has 1 aromatic carbocycles. The first kappa shape index (κ1) is 14.3. The zero-order valence-electron chi connectivity index (χ0n) is 9.55. The van der Waals surface area contributed by atoms with Crippen LogP contribution in [0.3, 0.4) is 0 Å². The van der Waals surface area contributed by atoms with Gasteiger partial charge in [0, 0.05) is 6.54 Å². The largest absolute Gasteiger partial charge is 0.497 e. The van der Waals surface area contributed by atoms with E-state index in [9.17, 15) is 8.42 Å². The van der Waals surface area contributed by atoms with Crippen LogP contribution in [-0.2, 0) is 9.84 Å². The number of halogens is 1. The highest BCUT2D eigenvalue weighted by molar-refractivity contribution is 7.92. The summed E-state index contributed by atoms with van der Waals surface area (Å²) in [7, 11) is -1.62. The van der Waals surface area contributed by atoms with Crippen LogP contribution in [0.2, 0.25) is 0 Å². The van der Waals surface area contributed by atoms with Crippen molar-refractivity contribution in [2.45, 2.75) is 16.6 Å². The van der Waals surface area contributed by atoms with E-state index in [-0.39, 0.29) is 17.7 Å². The molecule has 1 N–H and O–H groups in total. The van der Waals surface area contributed by atoms with E-state index >= 15 is 0 Å². The first-order valence-electron chi connectivity index (χ1n) is 5.23. The molecule has 0 radical (unpaired) electrons. The van der Waals surface area contributed by atoms with Gasteiger partial charge in [-0.15, -0.1) is 12.4 Å². The van der Waals surface area contributed by atoms with E-state index in [2.05, 4.69) is 5.32 Å². The van der Waals surface area contributed by atoms with E-state index in [1.165, 1.54) is 0 Å². The Morgan fingerprint density at radius 1 is 1.29 bits per heavy atom. The molecule has 1 saturated heterocycles. The van der Waals surface area contributed by atoms with E-state index in [0.29, 0.717) is 23.6 Å². The lowest BCUT2D eigenvalue weighted by molar-refractivity contribution is 0.414. The van der Waals surface area contributed by atoms with Crippen molar-refractivity contribution >= 4 is 22.2 Å². The molecule has 1 aliphatic heterocycles. The molecule has 0 aromatic heterocycles. The number of hydrogen-bond acceptors (Lipinski definition) is 4. The normalized spacial score (nSPS) is 19.7. The molecule has 4 nitrogen and oxygen atoms in total. The second kappa shape index (κ2) is 5.71. The zero-order chi connectivity index (χ0) is 11.6. The van der Waals surface area contributed by atoms with E-state index in [1.54, 1.807) is 31.4 Å². The minimum Gasteiger partial charge on any atom is -0.497 e. The lowest BCUT2D eigenvalue weighted by Crippen LogP contribution is -2.23. The van der Waals surface area contributed by atoms with E-state index in [0.717, 1.165) is 6.54 Å². The van der Waals surface area contributed by atoms with Crippen LogP contribution in [0, 0.1) is 0 Å². The number of rotatable bonds is 3. The fourth-order valence-electron chi connectivity index (χ4n) is 1.85. The average Bonchev–Trinajstić information content (AvgIpc) is 2.83. The standard InChI is InChI=1S/C11H15NO3S.ClH/c1-15-9-2-4-10(5-3-9)16(13,14)11-6-7-12-8-11;/h2-5,11-12H,6-8H2,1H3;1H. The van der Waals surface area contributed by atoms with Crippen molar-refractivity contribution in [3.63, 3.8) is 0 Å². The Morgan fingerprint density at radius 2 is 1.94 bits per heavy atom. The first-order valence-corrected chi connectivity index (χ1v) is 6.78. The molecule has 0 amide bonds. The minimum atomic E-state index is -3.18. The number of sulfone groups is 1. The van der Waals surface area contributed by atoms with Gasteiger partial charge in [0.25, 0.3) is 0 Å². The maximum atomic E-state index is 12.2. The van der Waals surface area contributed by atoms with E-state index in [1.807, 2.05) is 0 Å². The Kier molecular flexibility index (Phi) is 4.80. The second-order valence-corrected chi connectivity index (χ2v) is 6.06. The highest BCUT2D eigenvalue weighted by atomic mass is 35.5. The predicted octanol–water partition coefficient (Wildman–Crippen LogP) is 1.25. The Balaban J connectivity index is 0.00000144. The summed E-state index contributed by atoms with van der Waals surface area (Å²) in [5.74, 6) is 0.670. The Labute approximate surface area is 108 Å². The molecule has 0 spiro atoms. The average molecular weight is 278 g/mol. The smallest absolute Gasteiger partial charge is 0.182 e. The molecule has 0 bridgehead atoms. The number of benzene rings is 1. The molecule has 1 atom stereocenters. The predicted molar refractivity (Wildman–Crippen MR) is 68.7 cm³/mol. The van der Waals surface area contributed by atoms with Crippen LogP contribution in [0.5, 0.6) is 5.75 Å². The van der Waals surface area contributed by atoms with Crippen LogP contribution in [0.25, 0.3) is 0 Å². The lowest BCUT2D eigenvalue weighted by Gasteiger charge is -2.10. The summed E-state index contributed by atoms with van der Waals surface area (Å²) in [5.41, 5.74) is 0. The summed E-state index contributed by atoms with van der Waals surface area (Å²) in [6, 6.07) is 6.56. The maximum absolute atomic E-state index is 12.2. The van der Waals surface area contributed by atoms with Gasteiger partial charge in [0.15, 0.2) is 9.84 Å². The van der Waals surface area contributed by atoms with Gasteiger partial charge in [-0.1, -0.05) is 0 Å². The highest BCUT2D eigenvalue weighted by Gasteiger charge is 2.29. The molecule has 1 heterocycles. The summed E-state index contributed by atoms with van der Waals surface area (Å²) in [4.78, 5) is 0.377. The first-order chi connectivity index (χ1) is 7.64. The molecule has 17 heavy (non-hydrogen) atoms. The van der Waals surface area contributed by atoms with Gasteiger partial charge >= 0.3 is 0 Å². The molecule has 2 rings (SSSR count). The van der Waals surface area contributed by atoms with Crippen LogP contribution < -0.4 is 10.1 Å². The molecule has 96 valence electrons. The fraction of sp³-hybridized carbons (Fsp3) is 0.455.